The van der Waals surface area contributed by atoms with Crippen LogP contribution in [0.25, 0.3) is 10.9 Å². The number of fused-ring (bicyclic) bond motifs is 1. The maximum Gasteiger partial charge on any atom is 0.130 e. The molecule has 1 unspecified atom stereocenters. The van der Waals surface area contributed by atoms with Gasteiger partial charge in [-0.3, -0.25) is 4.79 Å². The smallest absolute Gasteiger partial charge is 0.130 e. The van der Waals surface area contributed by atoms with Crippen molar-refractivity contribution in [3.63, 3.8) is 0 Å². The maximum absolute atomic E-state index is 11.0. The molecule has 1 atom stereocenters. The molecule has 0 bridgehead atoms. The molecule has 3 heteroatoms. The van der Waals surface area contributed by atoms with Crippen LogP contribution < -0.4 is 0 Å². The van der Waals surface area contributed by atoms with Gasteiger partial charge in [0.1, 0.15) is 5.78 Å². The SMILES string of the molecule is CC(=O)CC(C)Sc1cc2ccccc2[nH]1. The molecule has 1 aromatic carbocycles. The van der Waals surface area contributed by atoms with Crippen LogP contribution in [0.4, 0.5) is 0 Å². The first-order valence-electron chi connectivity index (χ1n) is 5.39. The lowest BCUT2D eigenvalue weighted by atomic mass is 10.2. The van der Waals surface area contributed by atoms with E-state index >= 15 is 0 Å². The number of carbonyl (C=O) groups excluding carboxylic acids is 1. The van der Waals surface area contributed by atoms with Gasteiger partial charge in [0.25, 0.3) is 0 Å². The average Bonchev–Trinajstić information content (AvgIpc) is 2.57. The summed E-state index contributed by atoms with van der Waals surface area (Å²) in [6.45, 7) is 3.72. The number of Topliss-reactive ketones (excluding diaryl/α,β-unsaturated/α-hetero) is 1. The van der Waals surface area contributed by atoms with E-state index in [0.717, 1.165) is 10.5 Å². The summed E-state index contributed by atoms with van der Waals surface area (Å²) in [6, 6.07) is 10.3. The van der Waals surface area contributed by atoms with Crippen molar-refractivity contribution in [3.05, 3.63) is 30.3 Å². The number of ketones is 1. The van der Waals surface area contributed by atoms with E-state index in [-0.39, 0.29) is 5.78 Å². The number of rotatable bonds is 4. The molecular formula is C13H15NOS. The highest BCUT2D eigenvalue weighted by Crippen LogP contribution is 2.27. The summed E-state index contributed by atoms with van der Waals surface area (Å²) in [5.74, 6) is 0.246. The van der Waals surface area contributed by atoms with Crippen molar-refractivity contribution in [3.8, 4) is 0 Å². The third-order valence-electron chi connectivity index (χ3n) is 2.41. The molecule has 0 aliphatic heterocycles. The first-order valence-corrected chi connectivity index (χ1v) is 6.27. The second kappa shape index (κ2) is 4.74. The molecule has 2 aromatic rings. The summed E-state index contributed by atoms with van der Waals surface area (Å²) >= 11 is 1.72. The fourth-order valence-electron chi connectivity index (χ4n) is 1.77. The minimum atomic E-state index is 0.246. The number of carbonyl (C=O) groups is 1. The number of H-pyrrole nitrogens is 1. The fraction of sp³-hybridized carbons (Fsp3) is 0.308. The van der Waals surface area contributed by atoms with Crippen molar-refractivity contribution in [2.45, 2.75) is 30.5 Å². The van der Waals surface area contributed by atoms with Crippen molar-refractivity contribution in [1.82, 2.24) is 4.98 Å². The molecule has 1 aromatic heterocycles. The Morgan fingerprint density at radius 1 is 1.44 bits per heavy atom. The van der Waals surface area contributed by atoms with Gasteiger partial charge in [-0.2, -0.15) is 0 Å². The molecule has 0 radical (unpaired) electrons. The molecule has 0 aliphatic rings. The van der Waals surface area contributed by atoms with E-state index in [1.165, 1.54) is 5.39 Å². The number of thioether (sulfide) groups is 1. The van der Waals surface area contributed by atoms with Crippen LogP contribution in [0.15, 0.2) is 35.4 Å². The predicted octanol–water partition coefficient (Wildman–Crippen LogP) is 3.63. The van der Waals surface area contributed by atoms with E-state index in [1.807, 2.05) is 12.1 Å². The van der Waals surface area contributed by atoms with Gasteiger partial charge < -0.3 is 4.98 Å². The summed E-state index contributed by atoms with van der Waals surface area (Å²) in [4.78, 5) is 14.3. The van der Waals surface area contributed by atoms with Gasteiger partial charge in [0, 0.05) is 22.6 Å². The van der Waals surface area contributed by atoms with Crippen molar-refractivity contribution < 1.29 is 4.79 Å². The highest BCUT2D eigenvalue weighted by Gasteiger charge is 2.08. The lowest BCUT2D eigenvalue weighted by Gasteiger charge is -2.06. The van der Waals surface area contributed by atoms with Gasteiger partial charge in [0.2, 0.25) is 0 Å². The first kappa shape index (κ1) is 11.3. The van der Waals surface area contributed by atoms with E-state index in [1.54, 1.807) is 18.7 Å². The van der Waals surface area contributed by atoms with Gasteiger partial charge >= 0.3 is 0 Å². The Labute approximate surface area is 99.4 Å². The third-order valence-corrected chi connectivity index (χ3v) is 3.45. The van der Waals surface area contributed by atoms with Gasteiger partial charge in [-0.1, -0.05) is 25.1 Å². The highest BCUT2D eigenvalue weighted by molar-refractivity contribution is 7.99. The van der Waals surface area contributed by atoms with Gasteiger partial charge in [0.15, 0.2) is 0 Å². The lowest BCUT2D eigenvalue weighted by molar-refractivity contribution is -0.116. The van der Waals surface area contributed by atoms with E-state index in [4.69, 9.17) is 0 Å². The molecule has 0 spiro atoms. The van der Waals surface area contributed by atoms with E-state index < -0.39 is 0 Å². The summed E-state index contributed by atoms with van der Waals surface area (Å²) < 4.78 is 0. The Morgan fingerprint density at radius 2 is 2.19 bits per heavy atom. The van der Waals surface area contributed by atoms with Crippen LogP contribution in [0, 0.1) is 0 Å². The Balaban J connectivity index is 2.12. The molecule has 2 nitrogen and oxygen atoms in total. The number of benzene rings is 1. The van der Waals surface area contributed by atoms with E-state index in [9.17, 15) is 4.79 Å². The van der Waals surface area contributed by atoms with Crippen LogP contribution in [0.1, 0.15) is 20.3 Å². The fourth-order valence-corrected chi connectivity index (χ4v) is 2.89. The number of aromatic amines is 1. The van der Waals surface area contributed by atoms with Gasteiger partial charge in [-0.05, 0) is 19.1 Å². The van der Waals surface area contributed by atoms with Gasteiger partial charge in [-0.25, -0.2) is 0 Å². The van der Waals surface area contributed by atoms with Crippen molar-refractivity contribution in [2.24, 2.45) is 0 Å². The Bertz CT molecular complexity index is 470. The van der Waals surface area contributed by atoms with Crippen LogP contribution in [-0.4, -0.2) is 16.0 Å². The van der Waals surface area contributed by atoms with Crippen LogP contribution in [-0.2, 0) is 4.79 Å². The molecule has 1 heterocycles. The number of nitrogens with one attached hydrogen (secondary N) is 1. The van der Waals surface area contributed by atoms with E-state index in [0.29, 0.717) is 11.7 Å². The minimum Gasteiger partial charge on any atom is -0.350 e. The van der Waals surface area contributed by atoms with Crippen LogP contribution in [0.5, 0.6) is 0 Å². The number of aromatic nitrogens is 1. The molecule has 0 saturated carbocycles. The zero-order valence-corrected chi connectivity index (χ0v) is 10.3. The largest absolute Gasteiger partial charge is 0.350 e. The molecule has 1 N–H and O–H groups in total. The lowest BCUT2D eigenvalue weighted by Crippen LogP contribution is -2.02. The zero-order chi connectivity index (χ0) is 11.5. The molecular weight excluding hydrogens is 218 g/mol. The molecule has 2 rings (SSSR count). The molecule has 16 heavy (non-hydrogen) atoms. The van der Waals surface area contributed by atoms with Crippen molar-refractivity contribution in [2.75, 3.05) is 0 Å². The molecule has 0 saturated heterocycles. The minimum absolute atomic E-state index is 0.246. The van der Waals surface area contributed by atoms with E-state index in [2.05, 4.69) is 30.1 Å². The molecule has 0 fully saturated rings. The summed E-state index contributed by atoms with van der Waals surface area (Å²) in [6.07, 6.45) is 0.625. The number of hydrogen-bond donors (Lipinski definition) is 1. The molecule has 84 valence electrons. The summed E-state index contributed by atoms with van der Waals surface area (Å²) in [5, 5.41) is 2.68. The Kier molecular flexibility index (Phi) is 3.34. The molecule has 0 aliphatic carbocycles. The van der Waals surface area contributed by atoms with Gasteiger partial charge in [0.05, 0.1) is 5.03 Å². The predicted molar refractivity (Wildman–Crippen MR) is 68.9 cm³/mol. The quantitative estimate of drug-likeness (QED) is 0.818. The highest BCUT2D eigenvalue weighted by atomic mass is 32.2. The normalized spacial score (nSPS) is 12.9. The Hall–Kier alpha value is -1.22. The number of hydrogen-bond acceptors (Lipinski definition) is 2. The van der Waals surface area contributed by atoms with Crippen molar-refractivity contribution in [1.29, 1.82) is 0 Å². The monoisotopic (exact) mass is 233 g/mol. The van der Waals surface area contributed by atoms with Gasteiger partial charge in [-0.15, -0.1) is 11.8 Å². The third kappa shape index (κ3) is 2.67. The maximum atomic E-state index is 11.0. The van der Waals surface area contributed by atoms with Crippen molar-refractivity contribution >= 4 is 28.4 Å². The Morgan fingerprint density at radius 3 is 2.88 bits per heavy atom. The zero-order valence-electron chi connectivity index (χ0n) is 9.49. The summed E-state index contributed by atoms with van der Waals surface area (Å²) in [5.41, 5.74) is 1.15. The second-order valence-corrected chi connectivity index (χ2v) is 5.54. The van der Waals surface area contributed by atoms with Crippen LogP contribution in [0.2, 0.25) is 0 Å². The number of para-hydroxylation sites is 1. The average molecular weight is 233 g/mol. The second-order valence-electron chi connectivity index (χ2n) is 4.06. The standard InChI is InChI=1S/C13H15NOS/c1-9(15)7-10(2)16-13-8-11-5-3-4-6-12(11)14-13/h3-6,8,10,14H,7H2,1-2H3. The molecule has 0 amide bonds. The van der Waals surface area contributed by atoms with Crippen LogP contribution in [0.3, 0.4) is 0 Å². The topological polar surface area (TPSA) is 32.9 Å². The van der Waals surface area contributed by atoms with Crippen LogP contribution >= 0.6 is 11.8 Å². The first-order chi connectivity index (χ1) is 7.65. The summed E-state index contributed by atoms with van der Waals surface area (Å²) in [7, 11) is 0.